The van der Waals surface area contributed by atoms with Gasteiger partial charge >= 0.3 is 0 Å². The Morgan fingerprint density at radius 3 is 2.14 bits per heavy atom. The van der Waals surface area contributed by atoms with Crippen molar-refractivity contribution in [2.75, 3.05) is 5.32 Å². The van der Waals surface area contributed by atoms with Gasteiger partial charge in [-0.05, 0) is 37.0 Å². The van der Waals surface area contributed by atoms with Gasteiger partial charge in [-0.15, -0.1) is 0 Å². The summed E-state index contributed by atoms with van der Waals surface area (Å²) in [6, 6.07) is 7.53. The topological polar surface area (TPSA) is 49.4 Å². The largest absolute Gasteiger partial charge is 0.373 e. The summed E-state index contributed by atoms with van der Waals surface area (Å²) in [7, 11) is 0. The number of benzene rings is 1. The van der Waals surface area contributed by atoms with E-state index in [0.717, 1.165) is 5.69 Å². The van der Waals surface area contributed by atoms with E-state index in [0.29, 0.717) is 0 Å². The molecule has 1 aromatic carbocycles. The molecule has 1 N–H and O–H groups in total. The van der Waals surface area contributed by atoms with Crippen LogP contribution in [0.4, 0.5) is 5.69 Å². The number of likely N-dealkylation sites (tertiary alicyclic amines) is 1. The van der Waals surface area contributed by atoms with Crippen LogP contribution in [-0.4, -0.2) is 28.8 Å². The number of carbonyl (C=O) groups is 2. The van der Waals surface area contributed by atoms with Crippen molar-refractivity contribution in [1.29, 1.82) is 0 Å². The van der Waals surface area contributed by atoms with Crippen LogP contribution in [0.5, 0.6) is 0 Å². The van der Waals surface area contributed by atoms with Crippen molar-refractivity contribution in [1.82, 2.24) is 4.90 Å². The van der Waals surface area contributed by atoms with E-state index < -0.39 is 6.04 Å². The zero-order chi connectivity index (χ0) is 15.8. The smallest absolute Gasteiger partial charge is 0.252 e. The Labute approximate surface area is 126 Å². The van der Waals surface area contributed by atoms with Crippen LogP contribution in [0.2, 0.25) is 0 Å². The van der Waals surface area contributed by atoms with Gasteiger partial charge in [0.1, 0.15) is 6.04 Å². The van der Waals surface area contributed by atoms with Gasteiger partial charge in [-0.3, -0.25) is 14.5 Å². The maximum absolute atomic E-state index is 12.2. The van der Waals surface area contributed by atoms with Crippen molar-refractivity contribution in [2.45, 2.75) is 58.5 Å². The van der Waals surface area contributed by atoms with Crippen LogP contribution in [0.25, 0.3) is 0 Å². The van der Waals surface area contributed by atoms with Gasteiger partial charge in [0, 0.05) is 11.7 Å². The predicted octanol–water partition coefficient (Wildman–Crippen LogP) is 2.93. The van der Waals surface area contributed by atoms with Crippen LogP contribution in [0.15, 0.2) is 24.3 Å². The van der Waals surface area contributed by atoms with Crippen LogP contribution in [0, 0.1) is 0 Å². The van der Waals surface area contributed by atoms with Crippen molar-refractivity contribution in [2.24, 2.45) is 0 Å². The number of hydrogen-bond donors (Lipinski definition) is 1. The second kappa shape index (κ2) is 5.51. The number of carbonyl (C=O) groups excluding carboxylic acids is 2. The number of amides is 2. The van der Waals surface area contributed by atoms with E-state index in [1.165, 1.54) is 10.5 Å². The van der Waals surface area contributed by atoms with Crippen LogP contribution in [0.1, 0.15) is 46.6 Å². The summed E-state index contributed by atoms with van der Waals surface area (Å²) in [6.07, 6.45) is 0.234. The quantitative estimate of drug-likeness (QED) is 0.870. The fraction of sp³-hybridized carbons (Fsp3) is 0.529. The summed E-state index contributed by atoms with van der Waals surface area (Å²) < 4.78 is 0. The fourth-order valence-electron chi connectivity index (χ4n) is 2.57. The second-order valence-corrected chi connectivity index (χ2v) is 6.92. The van der Waals surface area contributed by atoms with Crippen molar-refractivity contribution in [3.8, 4) is 0 Å². The van der Waals surface area contributed by atoms with Crippen molar-refractivity contribution in [3.63, 3.8) is 0 Å². The Kier molecular flexibility index (Phi) is 4.08. The molecule has 1 aromatic rings. The third kappa shape index (κ3) is 3.26. The molecule has 1 aliphatic heterocycles. The van der Waals surface area contributed by atoms with Gasteiger partial charge in [0.05, 0.1) is 6.42 Å². The summed E-state index contributed by atoms with van der Waals surface area (Å²) in [5.41, 5.74) is 2.22. The molecule has 0 bridgehead atoms. The number of anilines is 1. The maximum Gasteiger partial charge on any atom is 0.252 e. The standard InChI is InChI=1S/C17H24N2O2/c1-11(2)19-15(20)10-14(16(19)21)18-13-8-6-12(7-9-13)17(3,4)5/h6-9,11,14,18H,10H2,1-5H3. The lowest BCUT2D eigenvalue weighted by molar-refractivity contribution is -0.140. The van der Waals surface area contributed by atoms with Gasteiger partial charge in [-0.1, -0.05) is 32.9 Å². The lowest BCUT2D eigenvalue weighted by Gasteiger charge is -2.21. The highest BCUT2D eigenvalue weighted by Gasteiger charge is 2.39. The van der Waals surface area contributed by atoms with Crippen molar-refractivity contribution >= 4 is 17.5 Å². The molecule has 4 nitrogen and oxygen atoms in total. The molecule has 2 rings (SSSR count). The first-order valence-electron chi connectivity index (χ1n) is 7.43. The molecule has 1 aliphatic rings. The summed E-state index contributed by atoms with van der Waals surface area (Å²) in [5, 5.41) is 3.17. The average Bonchev–Trinajstić information content (AvgIpc) is 2.64. The van der Waals surface area contributed by atoms with Crippen molar-refractivity contribution in [3.05, 3.63) is 29.8 Å². The minimum atomic E-state index is -0.444. The van der Waals surface area contributed by atoms with Gasteiger partial charge in [0.15, 0.2) is 0 Å². The highest BCUT2D eigenvalue weighted by Crippen LogP contribution is 2.25. The predicted molar refractivity (Wildman–Crippen MR) is 84.2 cm³/mol. The molecule has 4 heteroatoms. The SMILES string of the molecule is CC(C)N1C(=O)CC(Nc2ccc(C(C)(C)C)cc2)C1=O. The van der Waals surface area contributed by atoms with Crippen LogP contribution >= 0.6 is 0 Å². The average molecular weight is 288 g/mol. The summed E-state index contributed by atoms with van der Waals surface area (Å²) in [5.74, 6) is -0.228. The van der Waals surface area contributed by atoms with Gasteiger partial charge in [0.25, 0.3) is 5.91 Å². The fourth-order valence-corrected chi connectivity index (χ4v) is 2.57. The van der Waals surface area contributed by atoms with Crippen LogP contribution < -0.4 is 5.32 Å². The van der Waals surface area contributed by atoms with Crippen molar-refractivity contribution < 1.29 is 9.59 Å². The molecule has 0 saturated carbocycles. The minimum absolute atomic E-state index is 0.0833. The van der Waals surface area contributed by atoms with Crippen LogP contribution in [-0.2, 0) is 15.0 Å². The number of nitrogens with zero attached hydrogens (tertiary/aromatic N) is 1. The third-order valence-electron chi connectivity index (χ3n) is 3.79. The van der Waals surface area contributed by atoms with E-state index in [9.17, 15) is 9.59 Å². The summed E-state index contributed by atoms with van der Waals surface area (Å²) in [4.78, 5) is 25.5. The van der Waals surface area contributed by atoms with Gasteiger partial charge in [0.2, 0.25) is 5.91 Å². The molecule has 0 aromatic heterocycles. The highest BCUT2D eigenvalue weighted by atomic mass is 16.2. The Bertz CT molecular complexity index is 541. The molecule has 0 spiro atoms. The maximum atomic E-state index is 12.2. The molecule has 1 atom stereocenters. The first-order chi connectivity index (χ1) is 9.70. The van der Waals surface area contributed by atoms with E-state index in [2.05, 4.69) is 38.2 Å². The number of nitrogens with one attached hydrogen (secondary N) is 1. The third-order valence-corrected chi connectivity index (χ3v) is 3.79. The van der Waals surface area contributed by atoms with E-state index in [-0.39, 0.29) is 29.7 Å². The van der Waals surface area contributed by atoms with Gasteiger partial charge in [-0.2, -0.15) is 0 Å². The van der Waals surface area contributed by atoms with Gasteiger partial charge < -0.3 is 5.32 Å². The Morgan fingerprint density at radius 1 is 1.14 bits per heavy atom. The van der Waals surface area contributed by atoms with E-state index in [1.807, 2.05) is 26.0 Å². The van der Waals surface area contributed by atoms with E-state index >= 15 is 0 Å². The Hall–Kier alpha value is -1.84. The zero-order valence-corrected chi connectivity index (χ0v) is 13.4. The molecule has 114 valence electrons. The number of rotatable bonds is 3. The normalized spacial score (nSPS) is 19.5. The molecule has 1 fully saturated rings. The molecule has 0 radical (unpaired) electrons. The lowest BCUT2D eigenvalue weighted by atomic mass is 9.87. The van der Waals surface area contributed by atoms with E-state index in [4.69, 9.17) is 0 Å². The molecule has 1 heterocycles. The first kappa shape index (κ1) is 15.5. The molecule has 0 aliphatic carbocycles. The minimum Gasteiger partial charge on any atom is -0.373 e. The monoisotopic (exact) mass is 288 g/mol. The highest BCUT2D eigenvalue weighted by molar-refractivity contribution is 6.07. The number of imide groups is 1. The van der Waals surface area contributed by atoms with Gasteiger partial charge in [-0.25, -0.2) is 0 Å². The molecular weight excluding hydrogens is 264 g/mol. The summed E-state index contributed by atoms with van der Waals surface area (Å²) >= 11 is 0. The lowest BCUT2D eigenvalue weighted by Crippen LogP contribution is -2.39. The molecule has 1 saturated heterocycles. The number of hydrogen-bond acceptors (Lipinski definition) is 3. The Morgan fingerprint density at radius 2 is 1.71 bits per heavy atom. The molecule has 21 heavy (non-hydrogen) atoms. The van der Waals surface area contributed by atoms with E-state index in [1.54, 1.807) is 0 Å². The second-order valence-electron chi connectivity index (χ2n) is 6.92. The first-order valence-corrected chi connectivity index (χ1v) is 7.43. The molecule has 2 amide bonds. The molecular formula is C17H24N2O2. The zero-order valence-electron chi connectivity index (χ0n) is 13.4. The van der Waals surface area contributed by atoms with Crippen LogP contribution in [0.3, 0.4) is 0 Å². The molecule has 1 unspecified atom stereocenters. The summed E-state index contributed by atoms with van der Waals surface area (Å²) in [6.45, 7) is 10.2. The Balaban J connectivity index is 2.09.